The van der Waals surface area contributed by atoms with E-state index in [2.05, 4.69) is 10.4 Å². The number of aliphatic hydroxyl groups excluding tert-OH is 1. The molecule has 12 heavy (non-hydrogen) atoms. The molecule has 0 aliphatic rings. The van der Waals surface area contributed by atoms with Crippen molar-refractivity contribution in [1.82, 2.24) is 15.1 Å². The van der Waals surface area contributed by atoms with Gasteiger partial charge in [0, 0.05) is 25.5 Å². The van der Waals surface area contributed by atoms with Crippen molar-refractivity contribution >= 4 is 0 Å². The van der Waals surface area contributed by atoms with Crippen LogP contribution < -0.4 is 5.32 Å². The second-order valence-corrected chi connectivity index (χ2v) is 2.82. The molecule has 0 amide bonds. The standard InChI is InChI=1S/C8H15N3O/c1-8(12)7-9-4-6-11-5-2-3-10-11/h2-3,5,8-9,12H,4,6-7H2,1H3. The lowest BCUT2D eigenvalue weighted by Gasteiger charge is -2.06. The van der Waals surface area contributed by atoms with Gasteiger partial charge in [0.15, 0.2) is 0 Å². The number of rotatable bonds is 5. The van der Waals surface area contributed by atoms with Gasteiger partial charge in [-0.05, 0) is 13.0 Å². The van der Waals surface area contributed by atoms with Gasteiger partial charge in [0.05, 0.1) is 12.6 Å². The number of hydrogen-bond acceptors (Lipinski definition) is 3. The Morgan fingerprint density at radius 1 is 1.67 bits per heavy atom. The van der Waals surface area contributed by atoms with Crippen molar-refractivity contribution in [3.05, 3.63) is 18.5 Å². The minimum atomic E-state index is -0.275. The molecular weight excluding hydrogens is 154 g/mol. The van der Waals surface area contributed by atoms with Gasteiger partial charge in [-0.25, -0.2) is 0 Å². The maximum Gasteiger partial charge on any atom is 0.0636 e. The van der Waals surface area contributed by atoms with Crippen LogP contribution in [0.2, 0.25) is 0 Å². The Morgan fingerprint density at radius 2 is 2.50 bits per heavy atom. The normalized spacial score (nSPS) is 13.2. The van der Waals surface area contributed by atoms with Crippen molar-refractivity contribution in [3.8, 4) is 0 Å². The molecule has 0 saturated carbocycles. The molecule has 1 heterocycles. The molecule has 1 unspecified atom stereocenters. The molecule has 4 heteroatoms. The van der Waals surface area contributed by atoms with Crippen LogP contribution in [0, 0.1) is 0 Å². The first-order chi connectivity index (χ1) is 5.79. The molecule has 0 spiro atoms. The van der Waals surface area contributed by atoms with Crippen LogP contribution in [0.5, 0.6) is 0 Å². The van der Waals surface area contributed by atoms with E-state index in [-0.39, 0.29) is 6.10 Å². The van der Waals surface area contributed by atoms with Crippen molar-refractivity contribution in [1.29, 1.82) is 0 Å². The van der Waals surface area contributed by atoms with Gasteiger partial charge in [-0.3, -0.25) is 4.68 Å². The van der Waals surface area contributed by atoms with Crippen molar-refractivity contribution in [2.45, 2.75) is 19.6 Å². The molecule has 0 aliphatic carbocycles. The van der Waals surface area contributed by atoms with Gasteiger partial charge in [0.1, 0.15) is 0 Å². The maximum absolute atomic E-state index is 8.92. The number of hydrogen-bond donors (Lipinski definition) is 2. The van der Waals surface area contributed by atoms with Crippen LogP contribution >= 0.6 is 0 Å². The Hall–Kier alpha value is -0.870. The largest absolute Gasteiger partial charge is 0.392 e. The predicted molar refractivity (Wildman–Crippen MR) is 46.8 cm³/mol. The molecule has 2 N–H and O–H groups in total. The van der Waals surface area contributed by atoms with Crippen LogP contribution in [0.1, 0.15) is 6.92 Å². The van der Waals surface area contributed by atoms with E-state index >= 15 is 0 Å². The molecule has 1 aromatic heterocycles. The molecule has 0 bridgehead atoms. The van der Waals surface area contributed by atoms with Crippen molar-refractivity contribution in [3.63, 3.8) is 0 Å². The van der Waals surface area contributed by atoms with Gasteiger partial charge in [-0.1, -0.05) is 0 Å². The topological polar surface area (TPSA) is 50.1 Å². The first kappa shape index (κ1) is 9.22. The summed E-state index contributed by atoms with van der Waals surface area (Å²) in [6, 6.07) is 1.90. The quantitative estimate of drug-likeness (QED) is 0.603. The second kappa shape index (κ2) is 4.90. The van der Waals surface area contributed by atoms with Gasteiger partial charge in [0.2, 0.25) is 0 Å². The summed E-state index contributed by atoms with van der Waals surface area (Å²) < 4.78 is 1.86. The minimum absolute atomic E-state index is 0.275. The van der Waals surface area contributed by atoms with Crippen LogP contribution in [-0.4, -0.2) is 34.1 Å². The number of aromatic nitrogens is 2. The van der Waals surface area contributed by atoms with Crippen LogP contribution in [0.3, 0.4) is 0 Å². The van der Waals surface area contributed by atoms with Gasteiger partial charge in [0.25, 0.3) is 0 Å². The fourth-order valence-electron chi connectivity index (χ4n) is 0.937. The van der Waals surface area contributed by atoms with E-state index < -0.39 is 0 Å². The molecule has 0 fully saturated rings. The van der Waals surface area contributed by atoms with E-state index in [0.29, 0.717) is 6.54 Å². The second-order valence-electron chi connectivity index (χ2n) is 2.82. The molecule has 0 aliphatic heterocycles. The van der Waals surface area contributed by atoms with Crippen LogP contribution in [0.4, 0.5) is 0 Å². The average molecular weight is 169 g/mol. The summed E-state index contributed by atoms with van der Waals surface area (Å²) in [6.07, 6.45) is 3.40. The van der Waals surface area contributed by atoms with E-state index in [1.807, 2.05) is 16.9 Å². The predicted octanol–water partition coefficient (Wildman–Crippen LogP) is -0.147. The van der Waals surface area contributed by atoms with Crippen LogP contribution in [0.15, 0.2) is 18.5 Å². The highest BCUT2D eigenvalue weighted by Crippen LogP contribution is 1.82. The highest BCUT2D eigenvalue weighted by Gasteiger charge is 1.93. The smallest absolute Gasteiger partial charge is 0.0636 e. The highest BCUT2D eigenvalue weighted by molar-refractivity contribution is 4.77. The number of nitrogens with one attached hydrogen (secondary N) is 1. The van der Waals surface area contributed by atoms with E-state index in [1.165, 1.54) is 0 Å². The summed E-state index contributed by atoms with van der Waals surface area (Å²) in [5.41, 5.74) is 0. The Balaban J connectivity index is 2.04. The third kappa shape index (κ3) is 3.50. The van der Waals surface area contributed by atoms with E-state index in [0.717, 1.165) is 13.1 Å². The summed E-state index contributed by atoms with van der Waals surface area (Å²) in [5, 5.41) is 16.1. The van der Waals surface area contributed by atoms with Gasteiger partial charge < -0.3 is 10.4 Å². The lowest BCUT2D eigenvalue weighted by atomic mass is 10.4. The summed E-state index contributed by atoms with van der Waals surface area (Å²) in [5.74, 6) is 0. The van der Waals surface area contributed by atoms with Crippen LogP contribution in [0.25, 0.3) is 0 Å². The number of aliphatic hydroxyl groups is 1. The molecule has 1 aromatic rings. The zero-order valence-electron chi connectivity index (χ0n) is 7.27. The summed E-state index contributed by atoms with van der Waals surface area (Å²) in [7, 11) is 0. The third-order valence-electron chi connectivity index (χ3n) is 1.52. The van der Waals surface area contributed by atoms with Gasteiger partial charge in [-0.15, -0.1) is 0 Å². The molecule has 4 nitrogen and oxygen atoms in total. The maximum atomic E-state index is 8.92. The zero-order valence-corrected chi connectivity index (χ0v) is 7.27. The molecule has 0 radical (unpaired) electrons. The first-order valence-electron chi connectivity index (χ1n) is 4.15. The fourth-order valence-corrected chi connectivity index (χ4v) is 0.937. The highest BCUT2D eigenvalue weighted by atomic mass is 16.3. The van der Waals surface area contributed by atoms with E-state index in [4.69, 9.17) is 5.11 Å². The molecular formula is C8H15N3O. The zero-order chi connectivity index (χ0) is 8.81. The van der Waals surface area contributed by atoms with Gasteiger partial charge >= 0.3 is 0 Å². The average Bonchev–Trinajstić information content (AvgIpc) is 2.49. The summed E-state index contributed by atoms with van der Waals surface area (Å²) >= 11 is 0. The fraction of sp³-hybridized carbons (Fsp3) is 0.625. The molecule has 1 atom stereocenters. The monoisotopic (exact) mass is 169 g/mol. The minimum Gasteiger partial charge on any atom is -0.392 e. The Morgan fingerprint density at radius 3 is 3.08 bits per heavy atom. The summed E-state index contributed by atoms with van der Waals surface area (Å²) in [4.78, 5) is 0. The Bertz CT molecular complexity index is 196. The van der Waals surface area contributed by atoms with Gasteiger partial charge in [-0.2, -0.15) is 5.10 Å². The first-order valence-corrected chi connectivity index (χ1v) is 4.15. The Kier molecular flexibility index (Phi) is 3.76. The van der Waals surface area contributed by atoms with E-state index in [1.54, 1.807) is 13.1 Å². The molecule has 68 valence electrons. The van der Waals surface area contributed by atoms with Crippen molar-refractivity contribution in [2.24, 2.45) is 0 Å². The SMILES string of the molecule is CC(O)CNCCn1cccn1. The lowest BCUT2D eigenvalue weighted by Crippen LogP contribution is -2.27. The van der Waals surface area contributed by atoms with Crippen LogP contribution in [-0.2, 0) is 6.54 Å². The van der Waals surface area contributed by atoms with Crippen molar-refractivity contribution < 1.29 is 5.11 Å². The molecule has 0 aromatic carbocycles. The number of nitrogens with zero attached hydrogens (tertiary/aromatic N) is 2. The van der Waals surface area contributed by atoms with Crippen molar-refractivity contribution in [2.75, 3.05) is 13.1 Å². The lowest BCUT2D eigenvalue weighted by molar-refractivity contribution is 0.191. The third-order valence-corrected chi connectivity index (χ3v) is 1.52. The Labute approximate surface area is 72.2 Å². The van der Waals surface area contributed by atoms with E-state index in [9.17, 15) is 0 Å². The summed E-state index contributed by atoms with van der Waals surface area (Å²) in [6.45, 7) is 4.09. The molecule has 0 saturated heterocycles. The molecule has 1 rings (SSSR count).